The van der Waals surface area contributed by atoms with Crippen LogP contribution in [0, 0.1) is 0 Å². The van der Waals surface area contributed by atoms with E-state index in [0.29, 0.717) is 24.0 Å². The number of carbonyl (C=O) groups is 1. The molecule has 2 aromatic rings. The lowest BCUT2D eigenvalue weighted by atomic mass is 10.0. The lowest BCUT2D eigenvalue weighted by molar-refractivity contribution is -0.171. The fourth-order valence-corrected chi connectivity index (χ4v) is 3.06. The molecule has 1 fully saturated rings. The molecule has 0 spiro atoms. The second kappa shape index (κ2) is 6.56. The number of ether oxygens (including phenoxy) is 2. The van der Waals surface area contributed by atoms with Crippen molar-refractivity contribution in [1.82, 2.24) is 19.5 Å². The highest BCUT2D eigenvalue weighted by atomic mass is 35.5. The van der Waals surface area contributed by atoms with Crippen molar-refractivity contribution in [2.45, 2.75) is 38.2 Å². The third-order valence-electron chi connectivity index (χ3n) is 3.54. The molecular formula is C13H14Cl2N4O4. The Morgan fingerprint density at radius 2 is 2.26 bits per heavy atom. The molecule has 23 heavy (non-hydrogen) atoms. The van der Waals surface area contributed by atoms with E-state index in [1.165, 1.54) is 13.3 Å². The number of rotatable bonds is 3. The van der Waals surface area contributed by atoms with Gasteiger partial charge >= 0.3 is 5.97 Å². The zero-order valence-corrected chi connectivity index (χ0v) is 13.7. The molecule has 1 N–H and O–H groups in total. The van der Waals surface area contributed by atoms with E-state index in [1.807, 2.05) is 0 Å². The minimum absolute atomic E-state index is 0.00435. The number of carbonyl (C=O) groups excluding carboxylic acids is 1. The average Bonchev–Trinajstić information content (AvgIpc) is 2.90. The predicted molar refractivity (Wildman–Crippen MR) is 81.1 cm³/mol. The van der Waals surface area contributed by atoms with E-state index in [0.717, 1.165) is 0 Å². The molecule has 0 aromatic carbocycles. The van der Waals surface area contributed by atoms with Gasteiger partial charge in [-0.25, -0.2) is 9.97 Å². The van der Waals surface area contributed by atoms with Crippen LogP contribution in [-0.2, 0) is 14.3 Å². The molecule has 124 valence electrons. The third-order valence-corrected chi connectivity index (χ3v) is 3.97. The first-order valence-corrected chi connectivity index (χ1v) is 7.72. The van der Waals surface area contributed by atoms with Crippen molar-refractivity contribution in [1.29, 1.82) is 0 Å². The molecule has 3 atom stereocenters. The number of hydrogen-bond donors (Lipinski definition) is 1. The number of nitrogens with zero attached hydrogens (tertiary/aromatic N) is 4. The lowest BCUT2D eigenvalue weighted by Crippen LogP contribution is -2.37. The Kier molecular flexibility index (Phi) is 4.67. The molecule has 1 saturated heterocycles. The predicted octanol–water partition coefficient (Wildman–Crippen LogP) is 1.73. The summed E-state index contributed by atoms with van der Waals surface area (Å²) in [5.41, 5.74) is 0.815. The van der Waals surface area contributed by atoms with E-state index in [1.54, 1.807) is 4.57 Å². The molecule has 2 aromatic heterocycles. The van der Waals surface area contributed by atoms with Crippen LogP contribution in [0.25, 0.3) is 11.2 Å². The highest BCUT2D eigenvalue weighted by Gasteiger charge is 2.33. The molecule has 8 nitrogen and oxygen atoms in total. The Bertz CT molecular complexity index is 738. The van der Waals surface area contributed by atoms with Gasteiger partial charge < -0.3 is 14.6 Å². The molecule has 1 unspecified atom stereocenters. The first-order chi connectivity index (χ1) is 11.0. The van der Waals surface area contributed by atoms with E-state index in [9.17, 15) is 9.90 Å². The minimum Gasteiger partial charge on any atom is -0.462 e. The number of halogens is 2. The summed E-state index contributed by atoms with van der Waals surface area (Å²) < 4.78 is 12.7. The Morgan fingerprint density at radius 1 is 1.48 bits per heavy atom. The molecule has 1 aliphatic rings. The van der Waals surface area contributed by atoms with Gasteiger partial charge in [-0.15, -0.1) is 0 Å². The smallest absolute Gasteiger partial charge is 0.302 e. The largest absolute Gasteiger partial charge is 0.462 e. The van der Waals surface area contributed by atoms with Crippen LogP contribution in [0.4, 0.5) is 0 Å². The van der Waals surface area contributed by atoms with Gasteiger partial charge in [0.1, 0.15) is 17.8 Å². The molecule has 10 heteroatoms. The zero-order chi connectivity index (χ0) is 16.6. The van der Waals surface area contributed by atoms with E-state index in [-0.39, 0.29) is 29.1 Å². The van der Waals surface area contributed by atoms with Crippen LogP contribution in [-0.4, -0.2) is 49.4 Å². The summed E-state index contributed by atoms with van der Waals surface area (Å²) in [5.74, 6) is -0.378. The molecule has 3 heterocycles. The van der Waals surface area contributed by atoms with Gasteiger partial charge in [0.25, 0.3) is 0 Å². The number of hydrogen-bond acceptors (Lipinski definition) is 7. The number of fused-ring (bicyclic) bond motifs is 1. The van der Waals surface area contributed by atoms with Crippen molar-refractivity contribution in [2.75, 3.05) is 6.61 Å². The number of imidazole rings is 1. The molecule has 0 radical (unpaired) electrons. The number of esters is 1. The SMILES string of the molecule is CC(=O)O[C@@H]1CC(n2cnc3c(Cl)nc(Cl)nc32)O[C@H](CO)C1. The third kappa shape index (κ3) is 3.40. The quantitative estimate of drug-likeness (QED) is 0.505. The second-order valence-electron chi connectivity index (χ2n) is 5.21. The van der Waals surface area contributed by atoms with Gasteiger partial charge in [0.05, 0.1) is 19.0 Å². The number of aliphatic hydroxyl groups is 1. The Balaban J connectivity index is 1.94. The van der Waals surface area contributed by atoms with Gasteiger partial charge in [0, 0.05) is 19.8 Å². The van der Waals surface area contributed by atoms with Crippen LogP contribution in [0.2, 0.25) is 10.4 Å². The van der Waals surface area contributed by atoms with Crippen LogP contribution in [0.5, 0.6) is 0 Å². The summed E-state index contributed by atoms with van der Waals surface area (Å²) in [6, 6.07) is 0. The second-order valence-corrected chi connectivity index (χ2v) is 5.90. The van der Waals surface area contributed by atoms with Gasteiger partial charge in [0.15, 0.2) is 10.8 Å². The molecule has 0 saturated carbocycles. The van der Waals surface area contributed by atoms with Crippen molar-refractivity contribution in [3.63, 3.8) is 0 Å². The summed E-state index contributed by atoms with van der Waals surface area (Å²) in [6.07, 6.45) is 1.00. The van der Waals surface area contributed by atoms with Gasteiger partial charge in [-0.3, -0.25) is 9.36 Å². The average molecular weight is 361 g/mol. The van der Waals surface area contributed by atoms with E-state index < -0.39 is 12.3 Å². The monoisotopic (exact) mass is 360 g/mol. The van der Waals surface area contributed by atoms with Gasteiger partial charge in [-0.2, -0.15) is 4.98 Å². The van der Waals surface area contributed by atoms with E-state index >= 15 is 0 Å². The number of aromatic nitrogens is 4. The lowest BCUT2D eigenvalue weighted by Gasteiger charge is -2.34. The first-order valence-electron chi connectivity index (χ1n) is 6.97. The van der Waals surface area contributed by atoms with Crippen molar-refractivity contribution < 1.29 is 19.4 Å². The van der Waals surface area contributed by atoms with Crippen LogP contribution in [0.3, 0.4) is 0 Å². The standard InChI is InChI=1S/C13H14Cl2N4O4/c1-6(21)22-7-2-8(4-20)23-9(3-7)19-5-16-10-11(14)17-13(15)18-12(10)19/h5,7-9,20H,2-4H2,1H3/t7-,8-,9?/m0/s1. The highest BCUT2D eigenvalue weighted by molar-refractivity contribution is 6.35. The molecule has 0 bridgehead atoms. The summed E-state index contributed by atoms with van der Waals surface area (Å²) in [5, 5.41) is 9.54. The van der Waals surface area contributed by atoms with Crippen molar-refractivity contribution in [3.05, 3.63) is 16.8 Å². The highest BCUT2D eigenvalue weighted by Crippen LogP contribution is 2.32. The molecule has 1 aliphatic heterocycles. The fourth-order valence-electron chi connectivity index (χ4n) is 2.64. The molecule has 0 aliphatic carbocycles. The van der Waals surface area contributed by atoms with Crippen LogP contribution < -0.4 is 0 Å². The van der Waals surface area contributed by atoms with E-state index in [4.69, 9.17) is 32.7 Å². The van der Waals surface area contributed by atoms with Crippen LogP contribution in [0.15, 0.2) is 6.33 Å². The molecule has 3 rings (SSSR count). The maximum Gasteiger partial charge on any atom is 0.302 e. The zero-order valence-electron chi connectivity index (χ0n) is 12.1. The summed E-state index contributed by atoms with van der Waals surface area (Å²) in [7, 11) is 0. The normalized spacial score (nSPS) is 24.8. The fraction of sp³-hybridized carbons (Fsp3) is 0.538. The van der Waals surface area contributed by atoms with Crippen molar-refractivity contribution in [3.8, 4) is 0 Å². The van der Waals surface area contributed by atoms with Crippen LogP contribution in [0.1, 0.15) is 26.0 Å². The van der Waals surface area contributed by atoms with Gasteiger partial charge in [-0.05, 0) is 11.6 Å². The maximum absolute atomic E-state index is 11.2. The minimum atomic E-state index is -0.516. The van der Waals surface area contributed by atoms with Crippen LogP contribution >= 0.6 is 23.2 Å². The number of aliphatic hydroxyl groups excluding tert-OH is 1. The Morgan fingerprint density at radius 3 is 2.96 bits per heavy atom. The Labute approximate surface area is 141 Å². The van der Waals surface area contributed by atoms with Crippen molar-refractivity contribution in [2.24, 2.45) is 0 Å². The van der Waals surface area contributed by atoms with Gasteiger partial charge in [-0.1, -0.05) is 11.6 Å². The Hall–Kier alpha value is -1.48. The first kappa shape index (κ1) is 16.4. The molecule has 0 amide bonds. The molecular weight excluding hydrogens is 347 g/mol. The van der Waals surface area contributed by atoms with Crippen molar-refractivity contribution >= 4 is 40.3 Å². The summed E-state index contributed by atoms with van der Waals surface area (Å²) in [4.78, 5) is 23.3. The summed E-state index contributed by atoms with van der Waals surface area (Å²) >= 11 is 11.9. The van der Waals surface area contributed by atoms with Gasteiger partial charge in [0.2, 0.25) is 5.28 Å². The summed E-state index contributed by atoms with van der Waals surface area (Å²) in [6.45, 7) is 1.16. The maximum atomic E-state index is 11.2. The topological polar surface area (TPSA) is 99.4 Å². The van der Waals surface area contributed by atoms with E-state index in [2.05, 4.69) is 15.0 Å².